The number of carbonyl (C=O) groups excluding carboxylic acids is 1. The van der Waals surface area contributed by atoms with Gasteiger partial charge in [-0.2, -0.15) is 0 Å². The molecule has 0 aliphatic heterocycles. The highest BCUT2D eigenvalue weighted by Crippen LogP contribution is 2.27. The van der Waals surface area contributed by atoms with Crippen molar-refractivity contribution in [3.63, 3.8) is 0 Å². The molecule has 0 saturated heterocycles. The molecule has 3 rings (SSSR count). The van der Waals surface area contributed by atoms with Crippen LogP contribution < -0.4 is 0 Å². The van der Waals surface area contributed by atoms with Gasteiger partial charge in [0.05, 0.1) is 16.8 Å². The molecule has 108 valence electrons. The Balaban J connectivity index is 2.33. The summed E-state index contributed by atoms with van der Waals surface area (Å²) in [5.41, 5.74) is 2.43. The van der Waals surface area contributed by atoms with E-state index in [0.29, 0.717) is 27.7 Å². The van der Waals surface area contributed by atoms with Gasteiger partial charge in [0, 0.05) is 16.5 Å². The molecular weight excluding hydrogens is 278 g/mol. The zero-order valence-electron chi connectivity index (χ0n) is 11.9. The Morgan fingerprint density at radius 1 is 0.955 bits per heavy atom. The largest absolute Gasteiger partial charge is 0.478 e. The third-order valence-corrected chi connectivity index (χ3v) is 3.53. The molecule has 1 aromatic heterocycles. The summed E-state index contributed by atoms with van der Waals surface area (Å²) in [5, 5.41) is 10.0. The Kier molecular flexibility index (Phi) is 3.43. The molecule has 0 radical (unpaired) electrons. The first-order valence-corrected chi connectivity index (χ1v) is 6.81. The molecule has 3 aromatic rings. The van der Waals surface area contributed by atoms with Crippen LogP contribution in [0.3, 0.4) is 0 Å². The van der Waals surface area contributed by atoms with E-state index in [0.717, 1.165) is 0 Å². The van der Waals surface area contributed by atoms with Gasteiger partial charge in [0.1, 0.15) is 0 Å². The molecule has 0 bridgehead atoms. The van der Waals surface area contributed by atoms with E-state index in [1.165, 1.54) is 13.0 Å². The number of Topliss-reactive ketones (excluding diaryl/α,β-unsaturated/α-hetero) is 1. The van der Waals surface area contributed by atoms with Gasteiger partial charge in [0.25, 0.3) is 0 Å². The zero-order chi connectivity index (χ0) is 15.7. The summed E-state index contributed by atoms with van der Waals surface area (Å²) in [6, 6.07) is 15.7. The monoisotopic (exact) mass is 291 g/mol. The fraction of sp³-hybridized carbons (Fsp3) is 0.0556. The lowest BCUT2D eigenvalue weighted by molar-refractivity contribution is 0.0698. The van der Waals surface area contributed by atoms with Crippen LogP contribution in [0.15, 0.2) is 54.6 Å². The van der Waals surface area contributed by atoms with Crippen LogP contribution in [-0.2, 0) is 0 Å². The number of hydrogen-bond donors (Lipinski definition) is 1. The topological polar surface area (TPSA) is 67.3 Å². The number of carbonyl (C=O) groups is 2. The van der Waals surface area contributed by atoms with Crippen LogP contribution >= 0.6 is 0 Å². The number of aromatic nitrogens is 1. The number of para-hydroxylation sites is 1. The summed E-state index contributed by atoms with van der Waals surface area (Å²) in [6.07, 6.45) is 0. The van der Waals surface area contributed by atoms with Gasteiger partial charge in [-0.15, -0.1) is 0 Å². The average Bonchev–Trinajstić information content (AvgIpc) is 2.53. The fourth-order valence-corrected chi connectivity index (χ4v) is 2.50. The van der Waals surface area contributed by atoms with Crippen molar-refractivity contribution in [1.29, 1.82) is 0 Å². The second-order valence-corrected chi connectivity index (χ2v) is 4.98. The Hall–Kier alpha value is -3.01. The van der Waals surface area contributed by atoms with Gasteiger partial charge in [-0.25, -0.2) is 9.78 Å². The first-order valence-electron chi connectivity index (χ1n) is 6.81. The molecule has 0 saturated carbocycles. The number of ketones is 1. The van der Waals surface area contributed by atoms with Crippen molar-refractivity contribution in [2.24, 2.45) is 0 Å². The molecule has 0 amide bonds. The van der Waals surface area contributed by atoms with E-state index in [-0.39, 0.29) is 11.3 Å². The lowest BCUT2D eigenvalue weighted by atomic mass is 9.98. The zero-order valence-corrected chi connectivity index (χ0v) is 11.9. The molecule has 0 fully saturated rings. The van der Waals surface area contributed by atoms with E-state index >= 15 is 0 Å². The van der Waals surface area contributed by atoms with Crippen molar-refractivity contribution in [2.45, 2.75) is 6.92 Å². The summed E-state index contributed by atoms with van der Waals surface area (Å²) in [6.45, 7) is 1.48. The maximum Gasteiger partial charge on any atom is 0.336 e. The molecule has 1 N–H and O–H groups in total. The second-order valence-electron chi connectivity index (χ2n) is 4.98. The quantitative estimate of drug-likeness (QED) is 0.745. The van der Waals surface area contributed by atoms with Crippen molar-refractivity contribution >= 4 is 22.7 Å². The minimum atomic E-state index is -1.01. The molecule has 2 aromatic carbocycles. The molecule has 0 aliphatic carbocycles. The van der Waals surface area contributed by atoms with Gasteiger partial charge in [0.15, 0.2) is 5.78 Å². The second kappa shape index (κ2) is 5.41. The highest BCUT2D eigenvalue weighted by Gasteiger charge is 2.15. The highest BCUT2D eigenvalue weighted by molar-refractivity contribution is 6.05. The number of hydrogen-bond acceptors (Lipinski definition) is 3. The lowest BCUT2D eigenvalue weighted by Crippen LogP contribution is -2.02. The van der Waals surface area contributed by atoms with E-state index in [1.807, 2.05) is 6.07 Å². The normalized spacial score (nSPS) is 10.6. The predicted molar refractivity (Wildman–Crippen MR) is 84.1 cm³/mol. The molecular formula is C18H13NO3. The standard InChI is InChI=1S/C18H13NO3/c1-11(20)12-6-2-3-7-13(12)17-10-15(18(21)22)14-8-4-5-9-16(14)19-17/h2-10H,1H3,(H,21,22). The number of fused-ring (bicyclic) bond motifs is 1. The van der Waals surface area contributed by atoms with Crippen LogP contribution in [0, 0.1) is 0 Å². The van der Waals surface area contributed by atoms with Gasteiger partial charge in [-0.05, 0) is 19.1 Å². The minimum absolute atomic E-state index is 0.0811. The SMILES string of the molecule is CC(=O)c1ccccc1-c1cc(C(=O)O)c2ccccc2n1. The third kappa shape index (κ3) is 2.35. The molecule has 4 nitrogen and oxygen atoms in total. The summed E-state index contributed by atoms with van der Waals surface area (Å²) in [5.74, 6) is -1.09. The van der Waals surface area contributed by atoms with Crippen LogP contribution in [0.1, 0.15) is 27.6 Å². The maximum atomic E-state index is 11.8. The summed E-state index contributed by atoms with van der Waals surface area (Å²) in [4.78, 5) is 27.8. The van der Waals surface area contributed by atoms with Crippen LogP contribution in [-0.4, -0.2) is 21.8 Å². The van der Waals surface area contributed by atoms with Gasteiger partial charge in [-0.3, -0.25) is 4.79 Å². The summed E-state index contributed by atoms with van der Waals surface area (Å²) >= 11 is 0. The first kappa shape index (κ1) is 13.9. The van der Waals surface area contributed by atoms with E-state index in [2.05, 4.69) is 4.98 Å². The number of aromatic carboxylic acids is 1. The van der Waals surface area contributed by atoms with E-state index in [9.17, 15) is 14.7 Å². The molecule has 0 unspecified atom stereocenters. The molecule has 1 heterocycles. The van der Waals surface area contributed by atoms with Crippen molar-refractivity contribution in [1.82, 2.24) is 4.98 Å². The number of carboxylic acid groups (broad SMARTS) is 1. The minimum Gasteiger partial charge on any atom is -0.478 e. The van der Waals surface area contributed by atoms with Gasteiger partial charge < -0.3 is 5.11 Å². The van der Waals surface area contributed by atoms with Crippen molar-refractivity contribution in [3.05, 3.63) is 65.7 Å². The van der Waals surface area contributed by atoms with Crippen LogP contribution in [0.2, 0.25) is 0 Å². The molecule has 0 spiro atoms. The Bertz CT molecular complexity index is 900. The fourth-order valence-electron chi connectivity index (χ4n) is 2.50. The Morgan fingerprint density at radius 3 is 2.36 bits per heavy atom. The Labute approximate surface area is 127 Å². The molecule has 22 heavy (non-hydrogen) atoms. The van der Waals surface area contributed by atoms with Crippen molar-refractivity contribution in [2.75, 3.05) is 0 Å². The van der Waals surface area contributed by atoms with Crippen LogP contribution in [0.5, 0.6) is 0 Å². The number of benzene rings is 2. The van der Waals surface area contributed by atoms with Gasteiger partial charge in [-0.1, -0.05) is 42.5 Å². The molecule has 0 atom stereocenters. The number of pyridine rings is 1. The maximum absolute atomic E-state index is 11.8. The van der Waals surface area contributed by atoms with Gasteiger partial charge in [0.2, 0.25) is 0 Å². The van der Waals surface area contributed by atoms with E-state index in [1.54, 1.807) is 42.5 Å². The summed E-state index contributed by atoms with van der Waals surface area (Å²) < 4.78 is 0. The number of carboxylic acids is 1. The first-order chi connectivity index (χ1) is 10.6. The van der Waals surface area contributed by atoms with Crippen molar-refractivity contribution in [3.8, 4) is 11.3 Å². The predicted octanol–water partition coefficient (Wildman–Crippen LogP) is 3.80. The van der Waals surface area contributed by atoms with Crippen LogP contribution in [0.4, 0.5) is 0 Å². The van der Waals surface area contributed by atoms with Crippen molar-refractivity contribution < 1.29 is 14.7 Å². The molecule has 0 aliphatic rings. The highest BCUT2D eigenvalue weighted by atomic mass is 16.4. The van der Waals surface area contributed by atoms with Gasteiger partial charge >= 0.3 is 5.97 Å². The lowest BCUT2D eigenvalue weighted by Gasteiger charge is -2.09. The average molecular weight is 291 g/mol. The third-order valence-electron chi connectivity index (χ3n) is 3.53. The van der Waals surface area contributed by atoms with E-state index < -0.39 is 5.97 Å². The number of rotatable bonds is 3. The Morgan fingerprint density at radius 2 is 1.64 bits per heavy atom. The molecule has 4 heteroatoms. The van der Waals surface area contributed by atoms with Crippen LogP contribution in [0.25, 0.3) is 22.2 Å². The summed E-state index contributed by atoms with van der Waals surface area (Å²) in [7, 11) is 0. The smallest absolute Gasteiger partial charge is 0.336 e. The number of nitrogens with zero attached hydrogens (tertiary/aromatic N) is 1. The van der Waals surface area contributed by atoms with E-state index in [4.69, 9.17) is 0 Å².